The summed E-state index contributed by atoms with van der Waals surface area (Å²) in [5.41, 5.74) is 0.759. The van der Waals surface area contributed by atoms with Gasteiger partial charge in [-0.1, -0.05) is 18.2 Å². The Balaban J connectivity index is 2.34. The molecule has 0 saturated heterocycles. The van der Waals surface area contributed by atoms with Gasteiger partial charge in [0.2, 0.25) is 10.0 Å². The van der Waals surface area contributed by atoms with E-state index in [1.807, 2.05) is 43.3 Å². The van der Waals surface area contributed by atoms with Gasteiger partial charge >= 0.3 is 0 Å². The number of rotatable bonds is 8. The number of sulfonamides is 1. The highest BCUT2D eigenvalue weighted by Crippen LogP contribution is 2.31. The number of hydrogen-bond donors (Lipinski definition) is 2. The lowest BCUT2D eigenvalue weighted by Gasteiger charge is -2.27. The third kappa shape index (κ3) is 4.94. The van der Waals surface area contributed by atoms with Crippen molar-refractivity contribution < 1.29 is 18.1 Å². The maximum absolute atomic E-state index is 11.4. The van der Waals surface area contributed by atoms with Crippen molar-refractivity contribution in [3.8, 4) is 5.75 Å². The highest BCUT2D eigenvalue weighted by molar-refractivity contribution is 7.89. The number of nitro groups is 1. The number of nitrogens with zero attached hydrogens (tertiary/aromatic N) is 2. The van der Waals surface area contributed by atoms with E-state index in [0.717, 1.165) is 11.6 Å². The second-order valence-corrected chi connectivity index (χ2v) is 7.64. The minimum Gasteiger partial charge on any atom is -0.496 e. The third-order valence-electron chi connectivity index (χ3n) is 4.10. The molecule has 0 aliphatic carbocycles. The minimum atomic E-state index is -4.03. The van der Waals surface area contributed by atoms with Crippen LogP contribution in [0.4, 0.5) is 11.4 Å². The van der Waals surface area contributed by atoms with E-state index in [1.165, 1.54) is 12.1 Å². The van der Waals surface area contributed by atoms with Crippen LogP contribution in [0.1, 0.15) is 11.6 Å². The maximum Gasteiger partial charge on any atom is 0.293 e. The molecule has 2 aromatic carbocycles. The van der Waals surface area contributed by atoms with Crippen LogP contribution in [0.3, 0.4) is 0 Å². The number of primary sulfonamides is 1. The lowest BCUT2D eigenvalue weighted by Crippen LogP contribution is -2.27. The zero-order valence-corrected chi connectivity index (χ0v) is 16.1. The van der Waals surface area contributed by atoms with Gasteiger partial charge in [0.1, 0.15) is 11.4 Å². The molecule has 0 saturated carbocycles. The van der Waals surface area contributed by atoms with Gasteiger partial charge in [-0.2, -0.15) is 0 Å². The van der Waals surface area contributed by atoms with Crippen LogP contribution in [0.15, 0.2) is 47.4 Å². The first-order valence-electron chi connectivity index (χ1n) is 7.99. The van der Waals surface area contributed by atoms with Crippen LogP contribution >= 0.6 is 0 Å². The molecule has 2 aromatic rings. The second kappa shape index (κ2) is 8.33. The van der Waals surface area contributed by atoms with Crippen LogP contribution in [-0.4, -0.2) is 46.0 Å². The van der Waals surface area contributed by atoms with Crippen LogP contribution in [0.2, 0.25) is 0 Å². The molecule has 0 bridgehead atoms. The number of para-hydroxylation sites is 1. The van der Waals surface area contributed by atoms with E-state index >= 15 is 0 Å². The van der Waals surface area contributed by atoms with Crippen molar-refractivity contribution in [1.82, 2.24) is 4.90 Å². The molecular formula is C17H22N4O5S. The fourth-order valence-corrected chi connectivity index (χ4v) is 3.24. The Morgan fingerprint density at radius 2 is 1.93 bits per heavy atom. The van der Waals surface area contributed by atoms with Crippen molar-refractivity contribution in [1.29, 1.82) is 0 Å². The van der Waals surface area contributed by atoms with Gasteiger partial charge in [-0.05, 0) is 32.3 Å². The van der Waals surface area contributed by atoms with Crippen molar-refractivity contribution in [3.63, 3.8) is 0 Å². The molecule has 146 valence electrons. The number of nitro benzene ring substituents is 1. The Kier molecular flexibility index (Phi) is 6.37. The Bertz CT molecular complexity index is 931. The van der Waals surface area contributed by atoms with Crippen LogP contribution in [0.25, 0.3) is 0 Å². The van der Waals surface area contributed by atoms with E-state index in [0.29, 0.717) is 12.3 Å². The monoisotopic (exact) mass is 394 g/mol. The van der Waals surface area contributed by atoms with Gasteiger partial charge < -0.3 is 15.0 Å². The lowest BCUT2D eigenvalue weighted by atomic mass is 10.0. The highest BCUT2D eigenvalue weighted by Gasteiger charge is 2.22. The number of hydrogen-bond acceptors (Lipinski definition) is 7. The van der Waals surface area contributed by atoms with E-state index in [4.69, 9.17) is 9.88 Å². The summed E-state index contributed by atoms with van der Waals surface area (Å²) in [7, 11) is 1.32. The normalized spacial score (nSPS) is 12.6. The average molecular weight is 394 g/mol. The summed E-state index contributed by atoms with van der Waals surface area (Å²) >= 11 is 0. The van der Waals surface area contributed by atoms with Gasteiger partial charge in [-0.15, -0.1) is 0 Å². The summed E-state index contributed by atoms with van der Waals surface area (Å²) in [6.07, 6.45) is 0. The topological polar surface area (TPSA) is 128 Å². The van der Waals surface area contributed by atoms with Gasteiger partial charge in [0.25, 0.3) is 5.69 Å². The zero-order valence-electron chi connectivity index (χ0n) is 15.2. The first-order valence-corrected chi connectivity index (χ1v) is 9.54. The molecule has 27 heavy (non-hydrogen) atoms. The van der Waals surface area contributed by atoms with E-state index in [1.54, 1.807) is 7.11 Å². The van der Waals surface area contributed by atoms with Gasteiger partial charge in [0.15, 0.2) is 0 Å². The molecule has 1 atom stereocenters. The van der Waals surface area contributed by atoms with Crippen LogP contribution in [0.5, 0.6) is 5.75 Å². The van der Waals surface area contributed by atoms with Crippen molar-refractivity contribution in [2.75, 3.05) is 33.1 Å². The number of ether oxygens (including phenoxy) is 1. The summed E-state index contributed by atoms with van der Waals surface area (Å²) in [4.78, 5) is 12.3. The predicted molar refractivity (Wildman–Crippen MR) is 102 cm³/mol. The largest absolute Gasteiger partial charge is 0.496 e. The van der Waals surface area contributed by atoms with Gasteiger partial charge in [-0.25, -0.2) is 13.6 Å². The maximum atomic E-state index is 11.4. The molecule has 0 radical (unpaired) electrons. The lowest BCUT2D eigenvalue weighted by molar-refractivity contribution is -0.384. The summed E-state index contributed by atoms with van der Waals surface area (Å²) < 4.78 is 28.3. The van der Waals surface area contributed by atoms with Crippen molar-refractivity contribution in [2.45, 2.75) is 10.9 Å². The van der Waals surface area contributed by atoms with Crippen molar-refractivity contribution in [3.05, 3.63) is 58.1 Å². The Morgan fingerprint density at radius 3 is 2.48 bits per heavy atom. The van der Waals surface area contributed by atoms with E-state index < -0.39 is 14.9 Å². The molecule has 3 N–H and O–H groups in total. The standard InChI is InChI=1S/C17H22N4O5S/c1-20(2)16(13-6-4-5-7-17(13)26-3)11-19-14-9-8-12(27(18,24)25)10-15(14)21(22)23/h4-10,16,19H,11H2,1-3H3,(H2,18,24,25). The smallest absolute Gasteiger partial charge is 0.293 e. The highest BCUT2D eigenvalue weighted by atomic mass is 32.2. The van der Waals surface area contributed by atoms with Crippen molar-refractivity contribution >= 4 is 21.4 Å². The number of nitrogens with two attached hydrogens (primary N) is 1. The molecule has 1 unspecified atom stereocenters. The fraction of sp³-hybridized carbons (Fsp3) is 0.294. The predicted octanol–water partition coefficient (Wildman–Crippen LogP) is 1.97. The van der Waals surface area contributed by atoms with Crippen LogP contribution in [0, 0.1) is 10.1 Å². The molecular weight excluding hydrogens is 372 g/mol. The number of benzene rings is 2. The van der Waals surface area contributed by atoms with E-state index in [-0.39, 0.29) is 22.3 Å². The van der Waals surface area contributed by atoms with E-state index in [9.17, 15) is 18.5 Å². The third-order valence-corrected chi connectivity index (χ3v) is 5.01. The molecule has 0 heterocycles. The molecule has 0 spiro atoms. The van der Waals surface area contributed by atoms with Crippen molar-refractivity contribution in [2.24, 2.45) is 5.14 Å². The fourth-order valence-electron chi connectivity index (χ4n) is 2.71. The molecule has 0 aromatic heterocycles. The van der Waals surface area contributed by atoms with Gasteiger partial charge in [0, 0.05) is 18.2 Å². The summed E-state index contributed by atoms with van der Waals surface area (Å²) in [6, 6.07) is 10.9. The SMILES string of the molecule is COc1ccccc1C(CNc1ccc(S(N)(=O)=O)cc1[N+](=O)[O-])N(C)C. The first-order chi connectivity index (χ1) is 12.6. The molecule has 0 aliphatic rings. The molecule has 2 rings (SSSR count). The minimum absolute atomic E-state index is 0.140. The summed E-state index contributed by atoms with van der Waals surface area (Å²) in [5.74, 6) is 0.706. The summed E-state index contributed by atoms with van der Waals surface area (Å²) in [5, 5.41) is 19.4. The van der Waals surface area contributed by atoms with E-state index in [2.05, 4.69) is 5.32 Å². The average Bonchev–Trinajstić information content (AvgIpc) is 2.61. The first kappa shape index (κ1) is 20.6. The van der Waals surface area contributed by atoms with Crippen LogP contribution in [-0.2, 0) is 10.0 Å². The molecule has 0 fully saturated rings. The van der Waals surface area contributed by atoms with Gasteiger partial charge in [0.05, 0.1) is 23.0 Å². The molecule has 0 aliphatic heterocycles. The molecule has 9 nitrogen and oxygen atoms in total. The number of methoxy groups -OCH3 is 1. The number of anilines is 1. The zero-order chi connectivity index (χ0) is 20.2. The van der Waals surface area contributed by atoms with Crippen LogP contribution < -0.4 is 15.2 Å². The Morgan fingerprint density at radius 1 is 1.26 bits per heavy atom. The Labute approximate surface area is 157 Å². The molecule has 0 amide bonds. The number of nitrogens with one attached hydrogen (secondary N) is 1. The second-order valence-electron chi connectivity index (χ2n) is 6.08. The quantitative estimate of drug-likeness (QED) is 0.517. The van der Waals surface area contributed by atoms with Gasteiger partial charge in [-0.3, -0.25) is 10.1 Å². The Hall–Kier alpha value is -2.69. The number of likely N-dealkylation sites (N-methyl/N-ethyl adjacent to an activating group) is 1. The molecule has 10 heteroatoms. The summed E-state index contributed by atoms with van der Waals surface area (Å²) in [6.45, 7) is 0.336.